The van der Waals surface area contributed by atoms with Gasteiger partial charge in [0.2, 0.25) is 5.91 Å². The molecule has 0 unspecified atom stereocenters. The molecular formula is C30H31N7O. The van der Waals surface area contributed by atoms with Crippen LogP contribution in [0, 0.1) is 18.3 Å². The maximum Gasteiger partial charge on any atom is 0.222 e. The van der Waals surface area contributed by atoms with E-state index in [4.69, 9.17) is 4.98 Å². The number of nitrogens with one attached hydrogen (secondary N) is 3. The van der Waals surface area contributed by atoms with Gasteiger partial charge in [0.05, 0.1) is 22.6 Å². The van der Waals surface area contributed by atoms with Crippen molar-refractivity contribution in [3.8, 4) is 6.07 Å². The van der Waals surface area contributed by atoms with Crippen molar-refractivity contribution in [2.75, 3.05) is 25.0 Å². The van der Waals surface area contributed by atoms with Gasteiger partial charge in [-0.25, -0.2) is 0 Å². The first-order valence-corrected chi connectivity index (χ1v) is 13.0. The summed E-state index contributed by atoms with van der Waals surface area (Å²) in [6.45, 7) is 5.26. The number of hydrogen-bond donors (Lipinski definition) is 3. The molecule has 0 bridgehead atoms. The van der Waals surface area contributed by atoms with Crippen LogP contribution >= 0.6 is 0 Å². The van der Waals surface area contributed by atoms with Gasteiger partial charge in [-0.15, -0.1) is 0 Å². The number of benzene rings is 1. The highest BCUT2D eigenvalue weighted by atomic mass is 16.2. The molecule has 0 saturated carbocycles. The highest BCUT2D eigenvalue weighted by Gasteiger charge is 2.18. The summed E-state index contributed by atoms with van der Waals surface area (Å²) < 4.78 is 0. The van der Waals surface area contributed by atoms with E-state index in [0.29, 0.717) is 24.2 Å². The standard InChI is InChI=1S/C30H31N7O/c1-21-26-12-14-34-28(26)11-10-27(21)36-30-22(18-33-19-23(30)17-31)8-9-24-5-2-6-25(35-24)20-32-13-4-16-37-15-3-7-29(37)38/h2,5-6,8-12,14,18-19,32,34H,3-4,7,13,15-16,20H2,1H3,(H,33,36)/b9-8+. The van der Waals surface area contributed by atoms with E-state index in [-0.39, 0.29) is 5.91 Å². The van der Waals surface area contributed by atoms with Gasteiger partial charge in [0, 0.05) is 66.8 Å². The van der Waals surface area contributed by atoms with E-state index in [1.54, 1.807) is 12.4 Å². The minimum Gasteiger partial charge on any atom is -0.361 e. The van der Waals surface area contributed by atoms with E-state index in [1.807, 2.05) is 53.6 Å². The van der Waals surface area contributed by atoms with Gasteiger partial charge in [0.25, 0.3) is 0 Å². The Morgan fingerprint density at radius 1 is 1.18 bits per heavy atom. The van der Waals surface area contributed by atoms with Crippen molar-refractivity contribution in [2.24, 2.45) is 0 Å². The Kier molecular flexibility index (Phi) is 7.76. The highest BCUT2D eigenvalue weighted by molar-refractivity contribution is 5.90. The molecule has 8 nitrogen and oxygen atoms in total. The number of likely N-dealkylation sites (tertiary alicyclic amines) is 1. The number of fused-ring (bicyclic) bond motifs is 1. The number of aromatic nitrogens is 3. The largest absolute Gasteiger partial charge is 0.361 e. The second-order valence-electron chi connectivity index (χ2n) is 9.47. The molecule has 1 saturated heterocycles. The van der Waals surface area contributed by atoms with Crippen LogP contribution in [0.25, 0.3) is 23.1 Å². The fraction of sp³-hybridized carbons (Fsp3) is 0.267. The van der Waals surface area contributed by atoms with E-state index in [9.17, 15) is 10.1 Å². The maximum atomic E-state index is 11.7. The second kappa shape index (κ2) is 11.7. The number of nitriles is 1. The third-order valence-electron chi connectivity index (χ3n) is 6.88. The molecule has 0 spiro atoms. The molecule has 1 aromatic carbocycles. The number of carbonyl (C=O) groups excluding carboxylic acids is 1. The van der Waals surface area contributed by atoms with Gasteiger partial charge in [-0.2, -0.15) is 5.26 Å². The Morgan fingerprint density at radius 3 is 2.95 bits per heavy atom. The quantitative estimate of drug-likeness (QED) is 0.257. The second-order valence-corrected chi connectivity index (χ2v) is 9.47. The van der Waals surface area contributed by atoms with Crippen LogP contribution in [0.4, 0.5) is 11.4 Å². The minimum absolute atomic E-state index is 0.275. The van der Waals surface area contributed by atoms with Crippen molar-refractivity contribution in [2.45, 2.75) is 32.7 Å². The maximum absolute atomic E-state index is 11.7. The summed E-state index contributed by atoms with van der Waals surface area (Å²) in [7, 11) is 0. The average molecular weight is 506 g/mol. The summed E-state index contributed by atoms with van der Waals surface area (Å²) in [4.78, 5) is 25.9. The van der Waals surface area contributed by atoms with Crippen molar-refractivity contribution in [1.29, 1.82) is 5.26 Å². The van der Waals surface area contributed by atoms with Crippen LogP contribution < -0.4 is 10.6 Å². The molecule has 1 amide bonds. The van der Waals surface area contributed by atoms with Gasteiger partial charge in [-0.3, -0.25) is 14.8 Å². The Labute approximate surface area is 222 Å². The van der Waals surface area contributed by atoms with Crippen LogP contribution in [0.2, 0.25) is 0 Å². The van der Waals surface area contributed by atoms with E-state index >= 15 is 0 Å². The summed E-state index contributed by atoms with van der Waals surface area (Å²) in [5.74, 6) is 0.275. The van der Waals surface area contributed by atoms with Crippen LogP contribution in [-0.4, -0.2) is 45.4 Å². The molecular weight excluding hydrogens is 474 g/mol. The van der Waals surface area contributed by atoms with E-state index in [0.717, 1.165) is 71.6 Å². The first kappa shape index (κ1) is 25.2. The third-order valence-corrected chi connectivity index (χ3v) is 6.88. The zero-order chi connectivity index (χ0) is 26.3. The number of H-pyrrole nitrogens is 1. The van der Waals surface area contributed by atoms with Crippen LogP contribution in [0.1, 0.15) is 47.3 Å². The van der Waals surface area contributed by atoms with Gasteiger partial charge in [0.1, 0.15) is 6.07 Å². The number of amides is 1. The lowest BCUT2D eigenvalue weighted by Gasteiger charge is -2.15. The molecule has 5 rings (SSSR count). The Bertz CT molecular complexity index is 1510. The Morgan fingerprint density at radius 2 is 2.11 bits per heavy atom. The smallest absolute Gasteiger partial charge is 0.222 e. The van der Waals surface area contributed by atoms with Crippen molar-refractivity contribution >= 4 is 40.3 Å². The number of rotatable bonds is 10. The summed E-state index contributed by atoms with van der Waals surface area (Å²) in [6, 6.07) is 14.3. The molecule has 192 valence electrons. The first-order valence-electron chi connectivity index (χ1n) is 13.0. The molecule has 3 N–H and O–H groups in total. The van der Waals surface area contributed by atoms with Crippen LogP contribution in [0.15, 0.2) is 55.0 Å². The zero-order valence-corrected chi connectivity index (χ0v) is 21.5. The van der Waals surface area contributed by atoms with Crippen molar-refractivity contribution in [1.82, 2.24) is 25.2 Å². The number of anilines is 2. The topological polar surface area (TPSA) is 110 Å². The number of carbonyl (C=O) groups is 1. The fourth-order valence-electron chi connectivity index (χ4n) is 4.80. The SMILES string of the molecule is Cc1c(Nc2c(C#N)cncc2/C=C/c2cccc(CNCCCN3CCCC3=O)n2)ccc2[nH]ccc12. The van der Waals surface area contributed by atoms with Gasteiger partial charge in [-0.1, -0.05) is 6.07 Å². The van der Waals surface area contributed by atoms with Crippen molar-refractivity contribution < 1.29 is 4.79 Å². The Hall–Kier alpha value is -4.48. The van der Waals surface area contributed by atoms with E-state index < -0.39 is 0 Å². The Balaban J connectivity index is 1.26. The van der Waals surface area contributed by atoms with Crippen molar-refractivity contribution in [3.05, 3.63) is 83.1 Å². The van der Waals surface area contributed by atoms with Gasteiger partial charge in [-0.05, 0) is 74.4 Å². The monoisotopic (exact) mass is 505 g/mol. The lowest BCUT2D eigenvalue weighted by atomic mass is 10.1. The molecule has 0 atom stereocenters. The summed E-state index contributed by atoms with van der Waals surface area (Å²) in [5.41, 5.74) is 6.88. The molecule has 4 aromatic rings. The summed E-state index contributed by atoms with van der Waals surface area (Å²) in [6.07, 6.45) is 11.7. The first-order chi connectivity index (χ1) is 18.6. The molecule has 3 aromatic heterocycles. The van der Waals surface area contributed by atoms with Crippen molar-refractivity contribution in [3.63, 3.8) is 0 Å². The highest BCUT2D eigenvalue weighted by Crippen LogP contribution is 2.31. The number of pyridine rings is 2. The average Bonchev–Trinajstić information content (AvgIpc) is 3.59. The molecule has 0 radical (unpaired) electrons. The normalized spacial score (nSPS) is 13.5. The van der Waals surface area contributed by atoms with E-state index in [2.05, 4.69) is 39.7 Å². The minimum atomic E-state index is 0.275. The number of nitrogens with zero attached hydrogens (tertiary/aromatic N) is 4. The number of aromatic amines is 1. The molecule has 1 fully saturated rings. The predicted molar refractivity (Wildman–Crippen MR) is 151 cm³/mol. The van der Waals surface area contributed by atoms with E-state index in [1.165, 1.54) is 0 Å². The molecule has 4 heterocycles. The zero-order valence-electron chi connectivity index (χ0n) is 21.5. The summed E-state index contributed by atoms with van der Waals surface area (Å²) >= 11 is 0. The molecule has 1 aliphatic rings. The van der Waals surface area contributed by atoms with Crippen LogP contribution in [0.3, 0.4) is 0 Å². The van der Waals surface area contributed by atoms with Crippen LogP contribution in [0.5, 0.6) is 0 Å². The van der Waals surface area contributed by atoms with Crippen LogP contribution in [-0.2, 0) is 11.3 Å². The van der Waals surface area contributed by atoms with Gasteiger partial charge < -0.3 is 20.5 Å². The predicted octanol–water partition coefficient (Wildman–Crippen LogP) is 5.15. The van der Waals surface area contributed by atoms with Gasteiger partial charge in [0.15, 0.2) is 0 Å². The number of hydrogen-bond acceptors (Lipinski definition) is 6. The van der Waals surface area contributed by atoms with Gasteiger partial charge >= 0.3 is 0 Å². The molecule has 1 aliphatic heterocycles. The third kappa shape index (κ3) is 5.74. The number of aryl methyl sites for hydroxylation is 1. The molecule has 38 heavy (non-hydrogen) atoms. The lowest BCUT2D eigenvalue weighted by Crippen LogP contribution is -2.28. The summed E-state index contributed by atoms with van der Waals surface area (Å²) in [5, 5.41) is 17.8. The molecule has 0 aliphatic carbocycles. The molecule has 8 heteroatoms. The fourth-order valence-corrected chi connectivity index (χ4v) is 4.80. The lowest BCUT2D eigenvalue weighted by molar-refractivity contribution is -0.127.